The molecule has 6 heteroatoms. The fourth-order valence-corrected chi connectivity index (χ4v) is 2.86. The summed E-state index contributed by atoms with van der Waals surface area (Å²) in [6, 6.07) is 3.99. The Morgan fingerprint density at radius 1 is 1.41 bits per heavy atom. The first-order valence-corrected chi connectivity index (χ1v) is 7.85. The number of alkyl halides is 2. The van der Waals surface area contributed by atoms with E-state index in [1.165, 1.54) is 18.2 Å². The maximum Gasteiger partial charge on any atom is 0.252 e. The van der Waals surface area contributed by atoms with Crippen LogP contribution in [0.2, 0.25) is 0 Å². The highest BCUT2D eigenvalue weighted by molar-refractivity contribution is 9.10. The fraction of sp³-hybridized carbons (Fsp3) is 0.364. The summed E-state index contributed by atoms with van der Waals surface area (Å²) >= 11 is 9.87. The summed E-state index contributed by atoms with van der Waals surface area (Å²) in [5.74, 6) is -0.615. The van der Waals surface area contributed by atoms with Gasteiger partial charge in [0.15, 0.2) is 0 Å². The van der Waals surface area contributed by atoms with E-state index >= 15 is 0 Å². The molecule has 0 heterocycles. The summed E-state index contributed by atoms with van der Waals surface area (Å²) in [6.45, 7) is 1.91. The van der Waals surface area contributed by atoms with Crippen molar-refractivity contribution in [3.63, 3.8) is 0 Å². The van der Waals surface area contributed by atoms with Gasteiger partial charge >= 0.3 is 0 Å². The Hall–Kier alpha value is 0.0600. The minimum Gasteiger partial charge on any atom is -0.345 e. The van der Waals surface area contributed by atoms with Crippen LogP contribution in [0.1, 0.15) is 17.3 Å². The van der Waals surface area contributed by atoms with Crippen LogP contribution in [0.15, 0.2) is 22.7 Å². The molecule has 0 unspecified atom stereocenters. The molecule has 1 aromatic carbocycles. The van der Waals surface area contributed by atoms with Crippen LogP contribution < -0.4 is 5.32 Å². The van der Waals surface area contributed by atoms with Gasteiger partial charge in [-0.25, -0.2) is 4.39 Å². The van der Waals surface area contributed by atoms with E-state index in [9.17, 15) is 9.18 Å². The second kappa shape index (κ2) is 6.29. The first-order chi connectivity index (χ1) is 7.91. The van der Waals surface area contributed by atoms with Crippen LogP contribution in [0.25, 0.3) is 0 Å². The fourth-order valence-electron chi connectivity index (χ4n) is 1.12. The molecule has 0 aliphatic heterocycles. The quantitative estimate of drug-likeness (QED) is 0.720. The maximum atomic E-state index is 12.9. The molecule has 0 saturated heterocycles. The lowest BCUT2D eigenvalue weighted by Gasteiger charge is -2.26. The molecular weight excluding hydrogens is 421 g/mol. The zero-order valence-electron chi connectivity index (χ0n) is 9.07. The number of carbonyl (C=O) groups excluding carboxylic acids is 1. The van der Waals surface area contributed by atoms with Crippen LogP contribution in [0, 0.1) is 5.82 Å². The summed E-state index contributed by atoms with van der Waals surface area (Å²) in [5.41, 5.74) is 0.0322. The second-order valence-corrected chi connectivity index (χ2v) is 5.88. The molecule has 0 spiro atoms. The summed E-state index contributed by atoms with van der Waals surface area (Å²) in [5, 5.41) is 4.13. The Morgan fingerprint density at radius 3 is 2.47 bits per heavy atom. The second-order valence-electron chi connectivity index (χ2n) is 3.91. The Morgan fingerprint density at radius 2 is 2.00 bits per heavy atom. The van der Waals surface area contributed by atoms with E-state index in [0.717, 1.165) is 0 Å². The van der Waals surface area contributed by atoms with E-state index in [1.54, 1.807) is 0 Å². The van der Waals surface area contributed by atoms with Crippen molar-refractivity contribution in [2.24, 2.45) is 0 Å². The van der Waals surface area contributed by atoms with Crippen molar-refractivity contribution in [3.8, 4) is 0 Å². The standard InChI is InChI=1S/C11H11Br3FNO/c1-11(5-12,6-13)16-10(17)8-3-2-7(15)4-9(8)14/h2-4H,5-6H2,1H3,(H,16,17). The first-order valence-electron chi connectivity index (χ1n) is 4.81. The maximum absolute atomic E-state index is 12.9. The molecule has 1 rings (SSSR count). The number of amides is 1. The van der Waals surface area contributed by atoms with Crippen molar-refractivity contribution in [3.05, 3.63) is 34.1 Å². The van der Waals surface area contributed by atoms with Crippen molar-refractivity contribution < 1.29 is 9.18 Å². The van der Waals surface area contributed by atoms with E-state index in [4.69, 9.17) is 0 Å². The molecule has 94 valence electrons. The smallest absolute Gasteiger partial charge is 0.252 e. The van der Waals surface area contributed by atoms with Gasteiger partial charge in [0.05, 0.1) is 11.1 Å². The van der Waals surface area contributed by atoms with Crippen LogP contribution >= 0.6 is 47.8 Å². The summed E-state index contributed by atoms with van der Waals surface area (Å²) in [4.78, 5) is 12.0. The third-order valence-electron chi connectivity index (χ3n) is 2.18. The van der Waals surface area contributed by atoms with Crippen LogP contribution in [0.3, 0.4) is 0 Å². The van der Waals surface area contributed by atoms with Crippen molar-refractivity contribution in [1.82, 2.24) is 5.32 Å². The number of nitrogens with one attached hydrogen (secondary N) is 1. The number of halogens is 4. The highest BCUT2D eigenvalue weighted by Crippen LogP contribution is 2.20. The molecule has 0 atom stereocenters. The molecule has 1 N–H and O–H groups in total. The van der Waals surface area contributed by atoms with Gasteiger partial charge in [0, 0.05) is 15.1 Å². The van der Waals surface area contributed by atoms with Gasteiger partial charge in [-0.2, -0.15) is 0 Å². The van der Waals surface area contributed by atoms with Crippen molar-refractivity contribution in [2.75, 3.05) is 10.7 Å². The van der Waals surface area contributed by atoms with Crippen molar-refractivity contribution in [2.45, 2.75) is 12.5 Å². The lowest BCUT2D eigenvalue weighted by molar-refractivity contribution is 0.0922. The van der Waals surface area contributed by atoms with Crippen LogP contribution in [0.4, 0.5) is 4.39 Å². The summed E-state index contributed by atoms with van der Waals surface area (Å²) < 4.78 is 13.4. The predicted molar refractivity (Wildman–Crippen MR) is 77.6 cm³/mol. The van der Waals surface area contributed by atoms with Crippen LogP contribution in [-0.2, 0) is 0 Å². The SMILES string of the molecule is CC(CBr)(CBr)NC(=O)c1ccc(F)cc1Br. The third-order valence-corrected chi connectivity index (χ3v) is 5.31. The molecule has 0 bridgehead atoms. The van der Waals surface area contributed by atoms with Gasteiger partial charge in [0.1, 0.15) is 5.82 Å². The third kappa shape index (κ3) is 4.03. The van der Waals surface area contributed by atoms with Gasteiger partial charge in [0.25, 0.3) is 5.91 Å². The van der Waals surface area contributed by atoms with Crippen LogP contribution in [-0.4, -0.2) is 22.1 Å². The lowest BCUT2D eigenvalue weighted by Crippen LogP contribution is -2.49. The van der Waals surface area contributed by atoms with Gasteiger partial charge in [-0.1, -0.05) is 31.9 Å². The Bertz CT molecular complexity index is 421. The molecule has 0 aliphatic rings. The largest absolute Gasteiger partial charge is 0.345 e. The molecule has 17 heavy (non-hydrogen) atoms. The average molecular weight is 432 g/mol. The molecule has 0 aromatic heterocycles. The average Bonchev–Trinajstić information content (AvgIpc) is 2.28. The molecule has 1 amide bonds. The molecular formula is C11H11Br3FNO. The molecule has 1 aromatic rings. The highest BCUT2D eigenvalue weighted by Gasteiger charge is 2.25. The molecule has 0 aliphatic carbocycles. The first kappa shape index (κ1) is 15.1. The normalized spacial score (nSPS) is 11.4. The van der Waals surface area contributed by atoms with Gasteiger partial charge in [-0.3, -0.25) is 4.79 Å². The van der Waals surface area contributed by atoms with Crippen molar-refractivity contribution in [1.29, 1.82) is 0 Å². The molecule has 0 radical (unpaired) electrons. The number of benzene rings is 1. The van der Waals surface area contributed by atoms with E-state index in [0.29, 0.717) is 20.7 Å². The topological polar surface area (TPSA) is 29.1 Å². The van der Waals surface area contributed by atoms with E-state index < -0.39 is 0 Å². The number of hydrogen-bond acceptors (Lipinski definition) is 1. The molecule has 0 saturated carbocycles. The van der Waals surface area contributed by atoms with Gasteiger partial charge in [0.2, 0.25) is 0 Å². The zero-order valence-corrected chi connectivity index (χ0v) is 13.8. The summed E-state index contributed by atoms with van der Waals surface area (Å²) in [6.07, 6.45) is 0. The molecule has 0 fully saturated rings. The Labute approximate surface area is 125 Å². The number of carbonyl (C=O) groups is 1. The number of hydrogen-bond donors (Lipinski definition) is 1. The number of rotatable bonds is 4. The van der Waals surface area contributed by atoms with Crippen molar-refractivity contribution >= 4 is 53.7 Å². The van der Waals surface area contributed by atoms with Crippen LogP contribution in [0.5, 0.6) is 0 Å². The van der Waals surface area contributed by atoms with Gasteiger partial charge < -0.3 is 5.32 Å². The Balaban J connectivity index is 2.90. The van der Waals surface area contributed by atoms with E-state index in [1.807, 2.05) is 6.92 Å². The molecule has 2 nitrogen and oxygen atoms in total. The monoisotopic (exact) mass is 429 g/mol. The van der Waals surface area contributed by atoms with Gasteiger partial charge in [-0.05, 0) is 41.1 Å². The minimum atomic E-state index is -0.384. The highest BCUT2D eigenvalue weighted by atomic mass is 79.9. The summed E-state index contributed by atoms with van der Waals surface area (Å²) in [7, 11) is 0. The zero-order chi connectivity index (χ0) is 13.1. The minimum absolute atomic E-state index is 0.238. The van der Waals surface area contributed by atoms with E-state index in [2.05, 4.69) is 53.1 Å². The van der Waals surface area contributed by atoms with Gasteiger partial charge in [-0.15, -0.1) is 0 Å². The Kier molecular flexibility index (Phi) is 5.60. The lowest BCUT2D eigenvalue weighted by atomic mass is 10.1. The predicted octanol–water partition coefficient (Wildman–Crippen LogP) is 3.87. The van der Waals surface area contributed by atoms with E-state index in [-0.39, 0.29) is 17.3 Å².